The second kappa shape index (κ2) is 9.11. The molecule has 1 heterocycles. The van der Waals surface area contributed by atoms with Gasteiger partial charge in [0, 0.05) is 19.0 Å². The van der Waals surface area contributed by atoms with Crippen molar-refractivity contribution < 1.29 is 4.79 Å². The molecular formula is C21H30N4O2. The van der Waals surface area contributed by atoms with Gasteiger partial charge in [0.2, 0.25) is 5.91 Å². The molecule has 0 spiro atoms. The summed E-state index contributed by atoms with van der Waals surface area (Å²) in [7, 11) is 0. The van der Waals surface area contributed by atoms with Gasteiger partial charge in [0.15, 0.2) is 0 Å². The molecule has 1 aliphatic carbocycles. The van der Waals surface area contributed by atoms with Gasteiger partial charge in [0.05, 0.1) is 5.39 Å². The van der Waals surface area contributed by atoms with E-state index in [2.05, 4.69) is 29.5 Å². The van der Waals surface area contributed by atoms with E-state index in [1.165, 1.54) is 17.5 Å². The molecule has 6 heteroatoms. The summed E-state index contributed by atoms with van der Waals surface area (Å²) in [5.41, 5.74) is 0.528. The molecule has 6 nitrogen and oxygen atoms in total. The maximum Gasteiger partial charge on any atom is 0.277 e. The zero-order valence-corrected chi connectivity index (χ0v) is 16.4. The van der Waals surface area contributed by atoms with Crippen molar-refractivity contribution in [2.24, 2.45) is 11.8 Å². The molecule has 0 bridgehead atoms. The van der Waals surface area contributed by atoms with Crippen LogP contribution < -0.4 is 10.9 Å². The molecule has 1 N–H and O–H groups in total. The van der Waals surface area contributed by atoms with Gasteiger partial charge in [0.25, 0.3) is 5.56 Å². The molecule has 1 amide bonds. The first-order valence-electron chi connectivity index (χ1n) is 10.2. The number of nitrogens with one attached hydrogen (secondary N) is 1. The molecule has 1 aliphatic rings. The number of benzene rings is 1. The Labute approximate surface area is 160 Å². The average molecular weight is 370 g/mol. The third-order valence-electron chi connectivity index (χ3n) is 5.96. The lowest BCUT2D eigenvalue weighted by molar-refractivity contribution is -0.122. The van der Waals surface area contributed by atoms with Crippen molar-refractivity contribution in [2.45, 2.75) is 71.4 Å². The Balaban J connectivity index is 1.40. The second-order valence-corrected chi connectivity index (χ2v) is 7.89. The summed E-state index contributed by atoms with van der Waals surface area (Å²) in [6, 6.07) is 7.58. The van der Waals surface area contributed by atoms with Crippen LogP contribution >= 0.6 is 0 Å². The van der Waals surface area contributed by atoms with Crippen molar-refractivity contribution in [1.82, 2.24) is 20.3 Å². The third-order valence-corrected chi connectivity index (χ3v) is 5.96. The molecule has 146 valence electrons. The number of carbonyl (C=O) groups excluding carboxylic acids is 1. The molecule has 1 aromatic heterocycles. The van der Waals surface area contributed by atoms with E-state index in [0.29, 0.717) is 41.7 Å². The lowest BCUT2D eigenvalue weighted by Crippen LogP contribution is -2.43. The van der Waals surface area contributed by atoms with E-state index in [4.69, 9.17) is 0 Å². The summed E-state index contributed by atoms with van der Waals surface area (Å²) >= 11 is 0. The Morgan fingerprint density at radius 3 is 2.85 bits per heavy atom. The zero-order chi connectivity index (χ0) is 19.2. The summed E-state index contributed by atoms with van der Waals surface area (Å²) < 4.78 is 1.42. The number of rotatable bonds is 7. The fourth-order valence-corrected chi connectivity index (χ4v) is 3.96. The molecule has 27 heavy (non-hydrogen) atoms. The molecule has 1 fully saturated rings. The monoisotopic (exact) mass is 370 g/mol. The summed E-state index contributed by atoms with van der Waals surface area (Å²) in [5, 5.41) is 11.9. The highest BCUT2D eigenvalue weighted by molar-refractivity contribution is 5.76. The van der Waals surface area contributed by atoms with Gasteiger partial charge in [-0.1, -0.05) is 50.5 Å². The minimum absolute atomic E-state index is 0.0984. The van der Waals surface area contributed by atoms with Crippen molar-refractivity contribution in [3.63, 3.8) is 0 Å². The summed E-state index contributed by atoms with van der Waals surface area (Å²) in [4.78, 5) is 24.6. The normalized spacial score (nSPS) is 22.7. The van der Waals surface area contributed by atoms with Crippen molar-refractivity contribution >= 4 is 16.8 Å². The number of fused-ring (bicyclic) bond motifs is 1. The first-order chi connectivity index (χ1) is 13.1. The van der Waals surface area contributed by atoms with Crippen LogP contribution in [0.3, 0.4) is 0 Å². The molecule has 3 atom stereocenters. The quantitative estimate of drug-likeness (QED) is 0.759. The van der Waals surface area contributed by atoms with Gasteiger partial charge in [0.1, 0.15) is 5.52 Å². The van der Waals surface area contributed by atoms with Crippen molar-refractivity contribution in [2.75, 3.05) is 0 Å². The van der Waals surface area contributed by atoms with Crippen LogP contribution in [0.1, 0.15) is 58.8 Å². The fourth-order valence-electron chi connectivity index (χ4n) is 3.96. The van der Waals surface area contributed by atoms with E-state index < -0.39 is 0 Å². The van der Waals surface area contributed by atoms with Crippen molar-refractivity contribution in [1.29, 1.82) is 0 Å². The molecule has 1 aromatic carbocycles. The van der Waals surface area contributed by atoms with Crippen LogP contribution in [0.2, 0.25) is 0 Å². The van der Waals surface area contributed by atoms with Crippen LogP contribution in [0, 0.1) is 11.8 Å². The molecule has 1 saturated carbocycles. The van der Waals surface area contributed by atoms with Gasteiger partial charge >= 0.3 is 0 Å². The van der Waals surface area contributed by atoms with E-state index in [9.17, 15) is 9.59 Å². The van der Waals surface area contributed by atoms with Crippen LogP contribution in [-0.4, -0.2) is 26.9 Å². The molecule has 3 rings (SSSR count). The number of amides is 1. The van der Waals surface area contributed by atoms with E-state index in [1.54, 1.807) is 12.1 Å². The van der Waals surface area contributed by atoms with E-state index >= 15 is 0 Å². The minimum atomic E-state index is -0.0984. The predicted molar refractivity (Wildman–Crippen MR) is 106 cm³/mol. The molecule has 0 unspecified atom stereocenters. The smallest absolute Gasteiger partial charge is 0.277 e. The second-order valence-electron chi connectivity index (χ2n) is 7.89. The molecule has 0 radical (unpaired) electrons. The number of unbranched alkanes of at least 4 members (excludes halogenated alkanes) is 2. The topological polar surface area (TPSA) is 76.9 Å². The van der Waals surface area contributed by atoms with Gasteiger partial charge in [-0.2, -0.15) is 0 Å². The van der Waals surface area contributed by atoms with Gasteiger partial charge in [-0.15, -0.1) is 5.10 Å². The van der Waals surface area contributed by atoms with Crippen LogP contribution in [0.4, 0.5) is 0 Å². The van der Waals surface area contributed by atoms with Crippen LogP contribution in [-0.2, 0) is 11.3 Å². The fraction of sp³-hybridized carbons (Fsp3) is 0.619. The maximum absolute atomic E-state index is 12.4. The van der Waals surface area contributed by atoms with Gasteiger partial charge in [-0.3, -0.25) is 9.59 Å². The third kappa shape index (κ3) is 4.93. The summed E-state index contributed by atoms with van der Waals surface area (Å²) in [5.74, 6) is 1.40. The highest BCUT2D eigenvalue weighted by atomic mass is 16.1. The van der Waals surface area contributed by atoms with Gasteiger partial charge in [-0.25, -0.2) is 4.68 Å². The summed E-state index contributed by atoms with van der Waals surface area (Å²) in [6.07, 6.45) is 6.67. The molecular weight excluding hydrogens is 340 g/mol. The Morgan fingerprint density at radius 1 is 1.19 bits per heavy atom. The first-order valence-corrected chi connectivity index (χ1v) is 10.2. The molecule has 0 aliphatic heterocycles. The summed E-state index contributed by atoms with van der Waals surface area (Å²) in [6.45, 7) is 5.06. The lowest BCUT2D eigenvalue weighted by atomic mass is 9.78. The predicted octanol–water partition coefficient (Wildman–Crippen LogP) is 3.29. The Kier molecular flexibility index (Phi) is 6.58. The number of hydrogen-bond donors (Lipinski definition) is 1. The minimum Gasteiger partial charge on any atom is -0.353 e. The van der Waals surface area contributed by atoms with E-state index in [1.807, 2.05) is 12.1 Å². The maximum atomic E-state index is 12.4. The Hall–Kier alpha value is -2.24. The Bertz CT molecular complexity index is 832. The van der Waals surface area contributed by atoms with E-state index in [-0.39, 0.29) is 11.5 Å². The van der Waals surface area contributed by atoms with Crippen molar-refractivity contribution in [3.8, 4) is 0 Å². The van der Waals surface area contributed by atoms with Crippen LogP contribution in [0.5, 0.6) is 0 Å². The highest BCUT2D eigenvalue weighted by Crippen LogP contribution is 2.29. The first kappa shape index (κ1) is 19.5. The zero-order valence-electron chi connectivity index (χ0n) is 16.4. The van der Waals surface area contributed by atoms with Gasteiger partial charge < -0.3 is 5.32 Å². The van der Waals surface area contributed by atoms with E-state index in [0.717, 1.165) is 25.7 Å². The lowest BCUT2D eigenvalue weighted by Gasteiger charge is -2.34. The number of nitrogens with zero attached hydrogens (tertiary/aromatic N) is 3. The SMILES string of the molecule is C[C@@H]1[C@H](C)CCC[C@@H]1NC(=O)CCCCCn1nnc2ccccc2c1=O. The van der Waals surface area contributed by atoms with Crippen LogP contribution in [0.25, 0.3) is 10.9 Å². The number of aryl methyl sites for hydroxylation is 1. The Morgan fingerprint density at radius 2 is 2.00 bits per heavy atom. The highest BCUT2D eigenvalue weighted by Gasteiger charge is 2.27. The largest absolute Gasteiger partial charge is 0.353 e. The van der Waals surface area contributed by atoms with Crippen LogP contribution in [0.15, 0.2) is 29.1 Å². The standard InChI is InChI=1S/C21H30N4O2/c1-15-9-8-12-18(16(15)2)22-20(26)13-4-3-7-14-25-21(27)17-10-5-6-11-19(17)23-24-25/h5-6,10-11,15-16,18H,3-4,7-9,12-14H2,1-2H3,(H,22,26)/t15-,16-,18+/m1/s1. The number of aromatic nitrogens is 3. The molecule has 0 saturated heterocycles. The van der Waals surface area contributed by atoms with Gasteiger partial charge in [-0.05, 0) is 43.2 Å². The molecule has 2 aromatic rings. The average Bonchev–Trinajstić information content (AvgIpc) is 2.67. The number of carbonyl (C=O) groups is 1. The number of hydrogen-bond acceptors (Lipinski definition) is 4. The van der Waals surface area contributed by atoms with Crippen molar-refractivity contribution in [3.05, 3.63) is 34.6 Å².